The molecular weight excluding hydrogens is 204 g/mol. The Balaban J connectivity index is 2.28. The summed E-state index contributed by atoms with van der Waals surface area (Å²) in [6, 6.07) is 0. The third-order valence-corrected chi connectivity index (χ3v) is 1.86. The molecule has 1 rings (SSSR count). The fraction of sp³-hybridized carbons (Fsp3) is 0.667. The highest BCUT2D eigenvalue weighted by Gasteiger charge is 2.10. The van der Waals surface area contributed by atoms with Gasteiger partial charge in [-0.05, 0) is 6.54 Å². The first-order chi connectivity index (χ1) is 7.25. The van der Waals surface area contributed by atoms with E-state index < -0.39 is 6.55 Å². The molecule has 0 aromatic carbocycles. The molecule has 0 aliphatic rings. The van der Waals surface area contributed by atoms with Crippen molar-refractivity contribution < 1.29 is 13.5 Å². The molecule has 0 saturated heterocycles. The smallest absolute Gasteiger partial charge is 0.320 e. The van der Waals surface area contributed by atoms with Crippen molar-refractivity contribution in [3.8, 4) is 0 Å². The molecule has 86 valence electrons. The molecular formula is C9H15F2N3O. The lowest BCUT2D eigenvalue weighted by Gasteiger charge is -2.07. The van der Waals surface area contributed by atoms with E-state index in [2.05, 4.69) is 10.3 Å². The maximum Gasteiger partial charge on any atom is 0.320 e. The number of aromatic nitrogens is 2. The van der Waals surface area contributed by atoms with Crippen molar-refractivity contribution in [2.75, 3.05) is 19.7 Å². The third kappa shape index (κ3) is 3.93. The maximum absolute atomic E-state index is 12.3. The van der Waals surface area contributed by atoms with Crippen LogP contribution in [0.3, 0.4) is 0 Å². The van der Waals surface area contributed by atoms with Crippen LogP contribution in [0, 0.1) is 0 Å². The fourth-order valence-corrected chi connectivity index (χ4v) is 1.12. The maximum atomic E-state index is 12.3. The highest BCUT2D eigenvalue weighted by atomic mass is 19.3. The van der Waals surface area contributed by atoms with Gasteiger partial charge in [0.1, 0.15) is 12.4 Å². The average Bonchev–Trinajstić information content (AvgIpc) is 2.66. The predicted molar refractivity (Wildman–Crippen MR) is 51.7 cm³/mol. The van der Waals surface area contributed by atoms with Crippen molar-refractivity contribution in [3.05, 3.63) is 18.2 Å². The van der Waals surface area contributed by atoms with Gasteiger partial charge in [0.25, 0.3) is 0 Å². The van der Waals surface area contributed by atoms with E-state index in [1.807, 2.05) is 6.92 Å². The van der Waals surface area contributed by atoms with Crippen LogP contribution in [-0.4, -0.2) is 29.2 Å². The van der Waals surface area contributed by atoms with Crippen LogP contribution in [0.25, 0.3) is 0 Å². The number of ether oxygens (including phenoxy) is 1. The number of nitrogens with one attached hydrogen (secondary N) is 1. The standard InChI is InChI=1S/C9H15F2N3O/c1-2-12-4-6-15-7-8-13-3-5-14(8)9(10)11/h3,5,9,12H,2,4,6-7H2,1H3. The van der Waals surface area contributed by atoms with Crippen LogP contribution in [0.4, 0.5) is 8.78 Å². The minimum absolute atomic E-state index is 0.114. The predicted octanol–water partition coefficient (Wildman–Crippen LogP) is 1.40. The topological polar surface area (TPSA) is 39.1 Å². The lowest BCUT2D eigenvalue weighted by molar-refractivity contribution is 0.0527. The first kappa shape index (κ1) is 12.1. The molecule has 1 N–H and O–H groups in total. The van der Waals surface area contributed by atoms with Gasteiger partial charge in [-0.2, -0.15) is 8.78 Å². The number of halogens is 2. The van der Waals surface area contributed by atoms with Crippen LogP contribution in [0.2, 0.25) is 0 Å². The lowest BCUT2D eigenvalue weighted by atomic mass is 10.6. The van der Waals surface area contributed by atoms with Crippen LogP contribution >= 0.6 is 0 Å². The van der Waals surface area contributed by atoms with Gasteiger partial charge in [-0.3, -0.25) is 4.57 Å². The molecule has 0 saturated carbocycles. The molecule has 0 aliphatic carbocycles. The normalized spacial score (nSPS) is 11.2. The monoisotopic (exact) mass is 219 g/mol. The molecule has 0 aliphatic heterocycles. The van der Waals surface area contributed by atoms with E-state index in [4.69, 9.17) is 4.74 Å². The van der Waals surface area contributed by atoms with Crippen molar-refractivity contribution in [2.45, 2.75) is 20.1 Å². The summed E-state index contributed by atoms with van der Waals surface area (Å²) in [7, 11) is 0. The highest BCUT2D eigenvalue weighted by Crippen LogP contribution is 2.12. The number of hydrogen-bond donors (Lipinski definition) is 1. The van der Waals surface area contributed by atoms with Gasteiger partial charge >= 0.3 is 6.55 Å². The second-order valence-electron chi connectivity index (χ2n) is 2.93. The fourth-order valence-electron chi connectivity index (χ4n) is 1.12. The summed E-state index contributed by atoms with van der Waals surface area (Å²) in [5.41, 5.74) is 0. The summed E-state index contributed by atoms with van der Waals surface area (Å²) in [5.74, 6) is 0.251. The molecule has 1 aromatic heterocycles. The van der Waals surface area contributed by atoms with Gasteiger partial charge in [0.05, 0.1) is 6.61 Å². The summed E-state index contributed by atoms with van der Waals surface area (Å²) in [5, 5.41) is 3.07. The van der Waals surface area contributed by atoms with Gasteiger partial charge in [0.2, 0.25) is 0 Å². The van der Waals surface area contributed by atoms with E-state index in [0.717, 1.165) is 11.1 Å². The summed E-state index contributed by atoms with van der Waals surface area (Å²) < 4.78 is 30.7. The van der Waals surface area contributed by atoms with E-state index in [-0.39, 0.29) is 12.4 Å². The van der Waals surface area contributed by atoms with Gasteiger partial charge < -0.3 is 10.1 Å². The number of imidazole rings is 1. The van der Waals surface area contributed by atoms with Gasteiger partial charge in [0.15, 0.2) is 0 Å². The van der Waals surface area contributed by atoms with Crippen molar-refractivity contribution in [3.63, 3.8) is 0 Å². The van der Waals surface area contributed by atoms with Crippen LogP contribution in [0.15, 0.2) is 12.4 Å². The molecule has 0 atom stereocenters. The Labute approximate surface area is 87.3 Å². The average molecular weight is 219 g/mol. The van der Waals surface area contributed by atoms with Crippen molar-refractivity contribution >= 4 is 0 Å². The van der Waals surface area contributed by atoms with Crippen LogP contribution in [-0.2, 0) is 11.3 Å². The van der Waals surface area contributed by atoms with Gasteiger partial charge in [0, 0.05) is 18.9 Å². The van der Waals surface area contributed by atoms with Crippen LogP contribution in [0.1, 0.15) is 19.3 Å². The minimum atomic E-state index is -2.56. The third-order valence-electron chi connectivity index (χ3n) is 1.86. The molecule has 0 spiro atoms. The Morgan fingerprint density at radius 1 is 1.60 bits per heavy atom. The summed E-state index contributed by atoms with van der Waals surface area (Å²) in [6.45, 7) is 1.62. The second-order valence-corrected chi connectivity index (χ2v) is 2.93. The summed E-state index contributed by atoms with van der Waals surface area (Å²) in [6.07, 6.45) is 2.59. The quantitative estimate of drug-likeness (QED) is 0.705. The molecule has 1 aromatic rings. The molecule has 0 amide bonds. The highest BCUT2D eigenvalue weighted by molar-refractivity contribution is 4.90. The van der Waals surface area contributed by atoms with E-state index >= 15 is 0 Å². The molecule has 4 nitrogen and oxygen atoms in total. The minimum Gasteiger partial charge on any atom is -0.372 e. The molecule has 0 radical (unpaired) electrons. The van der Waals surface area contributed by atoms with Gasteiger partial charge in [-0.25, -0.2) is 4.98 Å². The molecule has 1 heterocycles. The first-order valence-electron chi connectivity index (χ1n) is 4.84. The van der Waals surface area contributed by atoms with Crippen molar-refractivity contribution in [1.29, 1.82) is 0 Å². The first-order valence-corrected chi connectivity index (χ1v) is 4.84. The Bertz CT molecular complexity index is 278. The van der Waals surface area contributed by atoms with E-state index in [1.165, 1.54) is 12.4 Å². The zero-order chi connectivity index (χ0) is 11.1. The number of rotatable bonds is 7. The number of nitrogens with zero attached hydrogens (tertiary/aromatic N) is 2. The van der Waals surface area contributed by atoms with Crippen LogP contribution < -0.4 is 5.32 Å². The SMILES string of the molecule is CCNCCOCc1nccn1C(F)F. The van der Waals surface area contributed by atoms with Gasteiger partial charge in [-0.15, -0.1) is 0 Å². The summed E-state index contributed by atoms with van der Waals surface area (Å²) >= 11 is 0. The van der Waals surface area contributed by atoms with Crippen molar-refractivity contribution in [1.82, 2.24) is 14.9 Å². The van der Waals surface area contributed by atoms with E-state index in [9.17, 15) is 8.78 Å². The zero-order valence-corrected chi connectivity index (χ0v) is 8.62. The number of alkyl halides is 2. The van der Waals surface area contributed by atoms with Crippen molar-refractivity contribution in [2.24, 2.45) is 0 Å². The van der Waals surface area contributed by atoms with Crippen LogP contribution in [0.5, 0.6) is 0 Å². The van der Waals surface area contributed by atoms with E-state index in [0.29, 0.717) is 13.2 Å². The summed E-state index contributed by atoms with van der Waals surface area (Å²) in [4.78, 5) is 3.79. The van der Waals surface area contributed by atoms with Gasteiger partial charge in [-0.1, -0.05) is 6.92 Å². The Morgan fingerprint density at radius 2 is 2.40 bits per heavy atom. The molecule has 0 unspecified atom stereocenters. The molecule has 0 fully saturated rings. The Morgan fingerprint density at radius 3 is 3.07 bits per heavy atom. The number of hydrogen-bond acceptors (Lipinski definition) is 3. The van der Waals surface area contributed by atoms with E-state index in [1.54, 1.807) is 0 Å². The molecule has 0 bridgehead atoms. The largest absolute Gasteiger partial charge is 0.372 e. The Hall–Kier alpha value is -1.01. The second kappa shape index (κ2) is 6.47. The molecule has 6 heteroatoms. The Kier molecular flexibility index (Phi) is 5.20. The number of likely N-dealkylation sites (N-methyl/N-ethyl adjacent to an activating group) is 1. The zero-order valence-electron chi connectivity index (χ0n) is 8.62. The molecule has 15 heavy (non-hydrogen) atoms. The lowest BCUT2D eigenvalue weighted by Crippen LogP contribution is -2.19.